The minimum Gasteiger partial charge on any atom is -0.383 e. The van der Waals surface area contributed by atoms with Gasteiger partial charge < -0.3 is 5.73 Å². The number of sulfonamides is 1. The molecule has 0 saturated heterocycles. The molecule has 8 heteroatoms. The van der Waals surface area contributed by atoms with E-state index >= 15 is 0 Å². The fourth-order valence-corrected chi connectivity index (χ4v) is 3.36. The first-order valence-electron chi connectivity index (χ1n) is 4.79. The van der Waals surface area contributed by atoms with Crippen LogP contribution in [0.25, 0.3) is 0 Å². The van der Waals surface area contributed by atoms with Crippen LogP contribution in [0.4, 0.5) is 5.82 Å². The number of aromatic nitrogens is 2. The van der Waals surface area contributed by atoms with Crippen molar-refractivity contribution in [2.75, 3.05) is 12.8 Å². The molecule has 0 saturated carbocycles. The second kappa shape index (κ2) is 4.47. The molecule has 2 aromatic heterocycles. The number of H-pyrrole nitrogens is 1. The third-order valence-electron chi connectivity index (χ3n) is 2.28. The van der Waals surface area contributed by atoms with Gasteiger partial charge in [-0.05, 0) is 11.4 Å². The number of nitrogen functional groups attached to an aromatic ring is 1. The predicted molar refractivity (Wildman–Crippen MR) is 66.0 cm³/mol. The number of nitrogens with one attached hydrogen (secondary N) is 1. The number of rotatable bonds is 4. The van der Waals surface area contributed by atoms with Crippen molar-refractivity contribution in [2.24, 2.45) is 0 Å². The molecule has 0 aliphatic heterocycles. The largest absolute Gasteiger partial charge is 0.383 e. The Kier molecular flexibility index (Phi) is 3.18. The molecule has 2 aromatic rings. The lowest BCUT2D eigenvalue weighted by atomic mass is 10.5. The van der Waals surface area contributed by atoms with Gasteiger partial charge in [-0.3, -0.25) is 5.10 Å². The summed E-state index contributed by atoms with van der Waals surface area (Å²) in [6, 6.07) is 3.77. The van der Waals surface area contributed by atoms with Crippen molar-refractivity contribution >= 4 is 27.2 Å². The second-order valence-corrected chi connectivity index (χ2v) is 6.53. The van der Waals surface area contributed by atoms with Gasteiger partial charge in [-0.1, -0.05) is 6.07 Å². The topological polar surface area (TPSA) is 92.1 Å². The van der Waals surface area contributed by atoms with E-state index in [0.29, 0.717) is 6.54 Å². The highest BCUT2D eigenvalue weighted by Gasteiger charge is 2.25. The molecule has 2 rings (SSSR count). The van der Waals surface area contributed by atoms with Gasteiger partial charge in [0.25, 0.3) is 0 Å². The number of nitrogens with zero attached hydrogens (tertiary/aromatic N) is 2. The van der Waals surface area contributed by atoms with E-state index in [2.05, 4.69) is 10.2 Å². The molecule has 92 valence electrons. The Morgan fingerprint density at radius 3 is 2.88 bits per heavy atom. The van der Waals surface area contributed by atoms with E-state index in [1.807, 2.05) is 17.5 Å². The third kappa shape index (κ3) is 2.33. The van der Waals surface area contributed by atoms with Crippen LogP contribution < -0.4 is 5.73 Å². The van der Waals surface area contributed by atoms with Crippen molar-refractivity contribution < 1.29 is 8.42 Å². The van der Waals surface area contributed by atoms with Crippen LogP contribution >= 0.6 is 11.3 Å². The summed E-state index contributed by atoms with van der Waals surface area (Å²) in [5, 5.41) is 7.93. The highest BCUT2D eigenvalue weighted by atomic mass is 32.2. The summed E-state index contributed by atoms with van der Waals surface area (Å²) in [7, 11) is -2.07. The Morgan fingerprint density at radius 1 is 1.59 bits per heavy atom. The van der Waals surface area contributed by atoms with Crippen LogP contribution in [0.3, 0.4) is 0 Å². The van der Waals surface area contributed by atoms with E-state index in [1.54, 1.807) is 0 Å². The Morgan fingerprint density at radius 2 is 2.35 bits per heavy atom. The van der Waals surface area contributed by atoms with Gasteiger partial charge in [0, 0.05) is 18.5 Å². The third-order valence-corrected chi connectivity index (χ3v) is 4.97. The summed E-state index contributed by atoms with van der Waals surface area (Å²) in [6.45, 7) is 0.324. The lowest BCUT2D eigenvalue weighted by molar-refractivity contribution is 0.470. The zero-order valence-electron chi connectivity index (χ0n) is 9.12. The van der Waals surface area contributed by atoms with Crippen LogP contribution in [0.15, 0.2) is 28.6 Å². The molecule has 0 aliphatic carbocycles. The molecule has 0 amide bonds. The van der Waals surface area contributed by atoms with Gasteiger partial charge >= 0.3 is 0 Å². The molecule has 0 aliphatic rings. The van der Waals surface area contributed by atoms with E-state index in [4.69, 9.17) is 5.73 Å². The number of hydrogen-bond acceptors (Lipinski definition) is 5. The first kappa shape index (κ1) is 12.1. The van der Waals surface area contributed by atoms with Gasteiger partial charge in [-0.25, -0.2) is 8.42 Å². The molecule has 0 aromatic carbocycles. The van der Waals surface area contributed by atoms with Crippen molar-refractivity contribution in [1.29, 1.82) is 0 Å². The Balaban J connectivity index is 2.25. The second-order valence-electron chi connectivity index (χ2n) is 3.49. The van der Waals surface area contributed by atoms with Crippen LogP contribution in [0.1, 0.15) is 4.88 Å². The highest BCUT2D eigenvalue weighted by Crippen LogP contribution is 2.21. The standard InChI is InChI=1S/C9H12N4O2S2/c1-13(6-7-3-2-4-16-7)17(14,15)8-5-11-12-9(8)10/h2-5H,6H2,1H3,(H3,10,11,12). The summed E-state index contributed by atoms with van der Waals surface area (Å²) in [5.74, 6) is 0.0584. The normalized spacial score (nSPS) is 12.1. The molecule has 6 nitrogen and oxygen atoms in total. The summed E-state index contributed by atoms with van der Waals surface area (Å²) in [4.78, 5) is 0.981. The SMILES string of the molecule is CN(Cc1cccs1)S(=O)(=O)c1cn[nH]c1N. The minimum atomic E-state index is -3.58. The average molecular weight is 272 g/mol. The van der Waals surface area contributed by atoms with Gasteiger partial charge in [0.05, 0.1) is 6.20 Å². The summed E-state index contributed by atoms with van der Waals surface area (Å²) in [5.41, 5.74) is 5.52. The van der Waals surface area contributed by atoms with Gasteiger partial charge in [0.1, 0.15) is 10.7 Å². The number of aromatic amines is 1. The fraction of sp³-hybridized carbons (Fsp3) is 0.222. The van der Waals surface area contributed by atoms with E-state index in [9.17, 15) is 8.42 Å². The molecular formula is C9H12N4O2S2. The van der Waals surface area contributed by atoms with Gasteiger partial charge in [-0.15, -0.1) is 11.3 Å². The number of hydrogen-bond donors (Lipinski definition) is 2. The van der Waals surface area contributed by atoms with E-state index in [0.717, 1.165) is 4.88 Å². The zero-order valence-corrected chi connectivity index (χ0v) is 10.8. The predicted octanol–water partition coefficient (Wildman–Crippen LogP) is 0.874. The number of thiophene rings is 1. The average Bonchev–Trinajstić information content (AvgIpc) is 2.89. The maximum absolute atomic E-state index is 12.1. The Bertz CT molecular complexity index is 588. The van der Waals surface area contributed by atoms with E-state index < -0.39 is 10.0 Å². The minimum absolute atomic E-state index is 0.0107. The number of anilines is 1. The molecule has 0 radical (unpaired) electrons. The van der Waals surface area contributed by atoms with Crippen molar-refractivity contribution in [3.63, 3.8) is 0 Å². The van der Waals surface area contributed by atoms with Crippen molar-refractivity contribution in [2.45, 2.75) is 11.4 Å². The van der Waals surface area contributed by atoms with Gasteiger partial charge in [0.2, 0.25) is 10.0 Å². The van der Waals surface area contributed by atoms with Crippen molar-refractivity contribution in [1.82, 2.24) is 14.5 Å². The molecule has 3 N–H and O–H groups in total. The van der Waals surface area contributed by atoms with Gasteiger partial charge in [-0.2, -0.15) is 9.40 Å². The summed E-state index contributed by atoms with van der Waals surface area (Å²) >= 11 is 1.51. The molecule has 0 spiro atoms. The lowest BCUT2D eigenvalue weighted by Gasteiger charge is -2.15. The first-order chi connectivity index (χ1) is 8.01. The maximum atomic E-state index is 12.1. The smallest absolute Gasteiger partial charge is 0.248 e. The summed E-state index contributed by atoms with van der Waals surface area (Å²) < 4.78 is 25.5. The highest BCUT2D eigenvalue weighted by molar-refractivity contribution is 7.89. The maximum Gasteiger partial charge on any atom is 0.248 e. The summed E-state index contributed by atoms with van der Waals surface area (Å²) in [6.07, 6.45) is 1.22. The molecule has 0 atom stereocenters. The molecule has 2 heterocycles. The Labute approximate surface area is 103 Å². The zero-order chi connectivity index (χ0) is 12.5. The van der Waals surface area contributed by atoms with E-state index in [-0.39, 0.29) is 10.7 Å². The van der Waals surface area contributed by atoms with E-state index in [1.165, 1.54) is 28.9 Å². The fourth-order valence-electron chi connectivity index (χ4n) is 1.37. The van der Waals surface area contributed by atoms with Crippen LogP contribution in [-0.2, 0) is 16.6 Å². The number of nitrogens with two attached hydrogens (primary N) is 1. The molecule has 17 heavy (non-hydrogen) atoms. The van der Waals surface area contributed by atoms with Gasteiger partial charge in [0.15, 0.2) is 0 Å². The Hall–Kier alpha value is -1.38. The molecular weight excluding hydrogens is 260 g/mol. The van der Waals surface area contributed by atoms with Crippen LogP contribution in [0.5, 0.6) is 0 Å². The first-order valence-corrected chi connectivity index (χ1v) is 7.11. The van der Waals surface area contributed by atoms with Crippen molar-refractivity contribution in [3.05, 3.63) is 28.6 Å². The van der Waals surface area contributed by atoms with Crippen molar-refractivity contribution in [3.8, 4) is 0 Å². The van der Waals surface area contributed by atoms with Crippen LogP contribution in [0.2, 0.25) is 0 Å². The van der Waals surface area contributed by atoms with Crippen LogP contribution in [-0.4, -0.2) is 30.0 Å². The molecule has 0 fully saturated rings. The molecule has 0 bridgehead atoms. The quantitative estimate of drug-likeness (QED) is 0.864. The molecule has 0 unspecified atom stereocenters. The monoisotopic (exact) mass is 272 g/mol. The van der Waals surface area contributed by atoms with Crippen LogP contribution in [0, 0.1) is 0 Å². The lowest BCUT2D eigenvalue weighted by Crippen LogP contribution is -2.26.